The molecule has 0 bridgehead atoms. The smallest absolute Gasteiger partial charge is 0.263 e. The van der Waals surface area contributed by atoms with Crippen LogP contribution in [0.1, 0.15) is 5.69 Å². The maximum Gasteiger partial charge on any atom is 0.263 e. The van der Waals surface area contributed by atoms with Gasteiger partial charge >= 0.3 is 0 Å². The normalized spacial score (nSPS) is 10.0. The van der Waals surface area contributed by atoms with Crippen molar-refractivity contribution in [1.29, 1.82) is 5.26 Å². The molecule has 0 radical (unpaired) electrons. The van der Waals surface area contributed by atoms with Gasteiger partial charge in [-0.2, -0.15) is 10.2 Å². The molecule has 3 aromatic rings. The highest BCUT2D eigenvalue weighted by molar-refractivity contribution is 5.66. The number of aromatic nitrogens is 3. The number of benzene rings is 1. The van der Waals surface area contributed by atoms with Crippen LogP contribution in [-0.2, 0) is 0 Å². The molecule has 28 heavy (non-hydrogen) atoms. The molecule has 2 aromatic heterocycles. The summed E-state index contributed by atoms with van der Waals surface area (Å²) in [5, 5.41) is 21.2. The van der Waals surface area contributed by atoms with Crippen LogP contribution in [0.5, 0.6) is 23.1 Å². The number of methoxy groups -OCH3 is 1. The van der Waals surface area contributed by atoms with Crippen molar-refractivity contribution in [3.8, 4) is 29.2 Å². The largest absolute Gasteiger partial charge is 0.493 e. The molecule has 142 valence electrons. The Hall–Kier alpha value is -3.90. The van der Waals surface area contributed by atoms with Crippen molar-refractivity contribution in [2.75, 3.05) is 25.6 Å². The average Bonchev–Trinajstić information content (AvgIpc) is 2.74. The van der Waals surface area contributed by atoms with E-state index in [1.807, 2.05) is 12.1 Å². The maximum atomic E-state index is 9.07. The third kappa shape index (κ3) is 4.44. The molecular weight excluding hydrogens is 362 g/mol. The lowest BCUT2D eigenvalue weighted by Crippen LogP contribution is -2.07. The molecule has 0 aliphatic heterocycles. The van der Waals surface area contributed by atoms with Crippen LogP contribution in [0.4, 0.5) is 11.5 Å². The third-order valence-corrected chi connectivity index (χ3v) is 3.52. The number of aliphatic hydroxyl groups is 1. The molecule has 0 amide bonds. The van der Waals surface area contributed by atoms with Crippen LogP contribution in [0.2, 0.25) is 0 Å². The molecule has 0 spiro atoms. The van der Waals surface area contributed by atoms with E-state index in [4.69, 9.17) is 24.6 Å². The van der Waals surface area contributed by atoms with Gasteiger partial charge in [0, 0.05) is 11.9 Å². The first-order valence-corrected chi connectivity index (χ1v) is 8.28. The van der Waals surface area contributed by atoms with E-state index in [1.54, 1.807) is 30.3 Å². The number of nitrogens with one attached hydrogen (secondary N) is 1. The Bertz CT molecular complexity index is 990. The van der Waals surface area contributed by atoms with Gasteiger partial charge in [0.1, 0.15) is 24.7 Å². The number of pyridine rings is 1. The number of aliphatic hydroxyl groups excluding tert-OH is 1. The molecule has 1 aromatic carbocycles. The summed E-state index contributed by atoms with van der Waals surface area (Å²) < 4.78 is 16.8. The summed E-state index contributed by atoms with van der Waals surface area (Å²) in [6, 6.07) is 12.3. The van der Waals surface area contributed by atoms with Crippen LogP contribution in [0.3, 0.4) is 0 Å². The zero-order valence-electron chi connectivity index (χ0n) is 15.0. The Balaban J connectivity index is 2.00. The predicted octanol–water partition coefficient (Wildman–Crippen LogP) is 2.66. The standard InChI is InChI=1S/C19H17N5O4/c1-26-15-4-2-3-5-16(15)28-17-18(22-12-23-19(17)27-9-8-25)24-13-6-7-21-14(10-13)11-20/h2-7,10,12,25H,8-9H2,1H3,(H,21,22,23,24). The Morgan fingerprint density at radius 3 is 2.71 bits per heavy atom. The molecule has 0 atom stereocenters. The van der Waals surface area contributed by atoms with E-state index in [2.05, 4.69) is 20.3 Å². The minimum Gasteiger partial charge on any atom is -0.493 e. The minimum absolute atomic E-state index is 0.0343. The lowest BCUT2D eigenvalue weighted by Gasteiger charge is -2.16. The van der Waals surface area contributed by atoms with E-state index in [0.29, 0.717) is 23.0 Å². The van der Waals surface area contributed by atoms with Crippen LogP contribution in [0.15, 0.2) is 48.9 Å². The number of nitriles is 1. The van der Waals surface area contributed by atoms with Gasteiger partial charge in [-0.15, -0.1) is 0 Å². The number of hydrogen-bond acceptors (Lipinski definition) is 9. The van der Waals surface area contributed by atoms with E-state index in [-0.39, 0.29) is 30.5 Å². The quantitative estimate of drug-likeness (QED) is 0.608. The lowest BCUT2D eigenvalue weighted by atomic mass is 10.3. The van der Waals surface area contributed by atoms with Gasteiger partial charge < -0.3 is 24.6 Å². The highest BCUT2D eigenvalue weighted by Gasteiger charge is 2.18. The molecule has 2 heterocycles. The maximum absolute atomic E-state index is 9.07. The van der Waals surface area contributed by atoms with Crippen molar-refractivity contribution in [3.63, 3.8) is 0 Å². The molecule has 0 aliphatic rings. The van der Waals surface area contributed by atoms with Crippen LogP contribution in [-0.4, -0.2) is 40.4 Å². The van der Waals surface area contributed by atoms with Crippen LogP contribution in [0.25, 0.3) is 0 Å². The fourth-order valence-electron chi connectivity index (χ4n) is 2.30. The Kier molecular flexibility index (Phi) is 6.17. The van der Waals surface area contributed by atoms with E-state index >= 15 is 0 Å². The fourth-order valence-corrected chi connectivity index (χ4v) is 2.30. The molecule has 0 aliphatic carbocycles. The van der Waals surface area contributed by atoms with Gasteiger partial charge in [-0.05, 0) is 24.3 Å². The first-order chi connectivity index (χ1) is 13.7. The van der Waals surface area contributed by atoms with E-state index < -0.39 is 0 Å². The summed E-state index contributed by atoms with van der Waals surface area (Å²) in [5.41, 5.74) is 0.839. The van der Waals surface area contributed by atoms with Gasteiger partial charge in [-0.1, -0.05) is 12.1 Å². The predicted molar refractivity (Wildman–Crippen MR) is 99.9 cm³/mol. The number of ether oxygens (including phenoxy) is 3. The van der Waals surface area contributed by atoms with E-state index in [9.17, 15) is 0 Å². The summed E-state index contributed by atoms with van der Waals surface area (Å²) in [6.45, 7) is -0.149. The van der Waals surface area contributed by atoms with Crippen molar-refractivity contribution in [1.82, 2.24) is 15.0 Å². The molecule has 2 N–H and O–H groups in total. The second-order valence-electron chi connectivity index (χ2n) is 5.35. The van der Waals surface area contributed by atoms with Crippen LogP contribution >= 0.6 is 0 Å². The summed E-state index contributed by atoms with van der Waals surface area (Å²) in [6.07, 6.45) is 2.81. The van der Waals surface area contributed by atoms with Crippen molar-refractivity contribution >= 4 is 11.5 Å². The van der Waals surface area contributed by atoms with Gasteiger partial charge in [-0.3, -0.25) is 0 Å². The molecule has 0 unspecified atom stereocenters. The number of rotatable bonds is 8. The Morgan fingerprint density at radius 1 is 1.14 bits per heavy atom. The summed E-state index contributed by atoms with van der Waals surface area (Å²) in [4.78, 5) is 12.2. The van der Waals surface area contributed by atoms with Crippen molar-refractivity contribution in [3.05, 3.63) is 54.6 Å². The second kappa shape index (κ2) is 9.16. The highest BCUT2D eigenvalue weighted by atomic mass is 16.5. The van der Waals surface area contributed by atoms with Crippen LogP contribution in [0, 0.1) is 11.3 Å². The first kappa shape index (κ1) is 18.9. The molecular formula is C19H17N5O4. The van der Waals surface area contributed by atoms with Gasteiger partial charge in [0.15, 0.2) is 17.3 Å². The zero-order valence-corrected chi connectivity index (χ0v) is 15.0. The lowest BCUT2D eigenvalue weighted by molar-refractivity contribution is 0.192. The zero-order chi connectivity index (χ0) is 19.8. The van der Waals surface area contributed by atoms with Crippen molar-refractivity contribution in [2.24, 2.45) is 0 Å². The molecule has 9 heteroatoms. The van der Waals surface area contributed by atoms with Crippen molar-refractivity contribution in [2.45, 2.75) is 0 Å². The third-order valence-electron chi connectivity index (χ3n) is 3.52. The Labute approximate surface area is 161 Å². The molecule has 0 fully saturated rings. The van der Waals surface area contributed by atoms with E-state index in [0.717, 1.165) is 0 Å². The number of anilines is 2. The van der Waals surface area contributed by atoms with Gasteiger partial charge in [0.2, 0.25) is 5.75 Å². The first-order valence-electron chi connectivity index (χ1n) is 8.28. The van der Waals surface area contributed by atoms with Crippen molar-refractivity contribution < 1.29 is 19.3 Å². The number of hydrogen-bond donors (Lipinski definition) is 2. The van der Waals surface area contributed by atoms with Gasteiger partial charge in [-0.25, -0.2) is 9.97 Å². The van der Waals surface area contributed by atoms with E-state index in [1.165, 1.54) is 19.6 Å². The summed E-state index contributed by atoms with van der Waals surface area (Å²) in [7, 11) is 1.53. The summed E-state index contributed by atoms with van der Waals surface area (Å²) >= 11 is 0. The van der Waals surface area contributed by atoms with Gasteiger partial charge in [0.05, 0.1) is 13.7 Å². The molecule has 0 saturated carbocycles. The topological polar surface area (TPSA) is 122 Å². The highest BCUT2D eigenvalue weighted by Crippen LogP contribution is 2.40. The average molecular weight is 379 g/mol. The number of nitrogens with zero attached hydrogens (tertiary/aromatic N) is 4. The number of para-hydroxylation sites is 2. The SMILES string of the molecule is COc1ccccc1Oc1c(Nc2ccnc(C#N)c2)ncnc1OCCO. The van der Waals surface area contributed by atoms with Gasteiger partial charge in [0.25, 0.3) is 5.88 Å². The molecule has 3 rings (SSSR count). The second-order valence-corrected chi connectivity index (χ2v) is 5.35. The molecule has 9 nitrogen and oxygen atoms in total. The summed E-state index contributed by atoms with van der Waals surface area (Å²) in [5.74, 6) is 1.61. The monoisotopic (exact) mass is 379 g/mol. The fraction of sp³-hybridized carbons (Fsp3) is 0.158. The van der Waals surface area contributed by atoms with Crippen LogP contribution < -0.4 is 19.5 Å². The molecule has 0 saturated heterocycles. The Morgan fingerprint density at radius 2 is 1.96 bits per heavy atom. The minimum atomic E-state index is -0.184.